The lowest BCUT2D eigenvalue weighted by Crippen LogP contribution is -2.44. The van der Waals surface area contributed by atoms with E-state index in [1.807, 2.05) is 4.90 Å². The molecule has 0 unspecified atom stereocenters. The Hall–Kier alpha value is -0.740. The Morgan fingerprint density at radius 3 is 2.74 bits per heavy atom. The van der Waals surface area contributed by atoms with E-state index in [0.717, 1.165) is 23.7 Å². The van der Waals surface area contributed by atoms with Gasteiger partial charge < -0.3 is 10.0 Å². The second-order valence-corrected chi connectivity index (χ2v) is 6.08. The van der Waals surface area contributed by atoms with Crippen molar-refractivity contribution in [2.75, 3.05) is 12.4 Å². The fourth-order valence-electron chi connectivity index (χ4n) is 2.22. The summed E-state index contributed by atoms with van der Waals surface area (Å²) in [4.78, 5) is 14.4. The predicted molar refractivity (Wildman–Crippen MR) is 79.8 cm³/mol. The van der Waals surface area contributed by atoms with Gasteiger partial charge in [0, 0.05) is 22.9 Å². The Balaban J connectivity index is 2.17. The van der Waals surface area contributed by atoms with E-state index in [2.05, 4.69) is 15.9 Å². The first kappa shape index (κ1) is 14.7. The lowest BCUT2D eigenvalue weighted by Gasteiger charge is -2.37. The number of amides is 1. The highest BCUT2D eigenvalue weighted by Crippen LogP contribution is 2.29. The van der Waals surface area contributed by atoms with Gasteiger partial charge in [-0.2, -0.15) is 0 Å². The number of phenols is 1. The Kier molecular flexibility index (Phi) is 5.11. The van der Waals surface area contributed by atoms with Crippen LogP contribution in [0, 0.1) is 0 Å². The average Bonchev–Trinajstić information content (AvgIpc) is 2.31. The third-order valence-corrected chi connectivity index (χ3v) is 4.26. The van der Waals surface area contributed by atoms with Gasteiger partial charge in [0.15, 0.2) is 0 Å². The fourth-order valence-corrected chi connectivity index (χ4v) is 2.69. The van der Waals surface area contributed by atoms with Crippen LogP contribution in [-0.4, -0.2) is 34.4 Å². The number of nitrogens with zero attached hydrogens (tertiary/aromatic N) is 1. The highest BCUT2D eigenvalue weighted by Gasteiger charge is 2.30. The minimum Gasteiger partial charge on any atom is -0.507 e. The first-order valence-electron chi connectivity index (χ1n) is 6.49. The second kappa shape index (κ2) is 6.62. The van der Waals surface area contributed by atoms with E-state index in [1.165, 1.54) is 6.42 Å². The smallest absolute Gasteiger partial charge is 0.257 e. The van der Waals surface area contributed by atoms with Crippen molar-refractivity contribution in [2.45, 2.75) is 31.7 Å². The van der Waals surface area contributed by atoms with Gasteiger partial charge in [-0.1, -0.05) is 15.9 Å². The molecule has 0 aromatic heterocycles. The maximum absolute atomic E-state index is 12.5. The summed E-state index contributed by atoms with van der Waals surface area (Å²) in [5.74, 6) is 0.470. The van der Waals surface area contributed by atoms with Crippen molar-refractivity contribution in [3.63, 3.8) is 0 Å². The molecule has 0 spiro atoms. The molecule has 1 aromatic rings. The van der Waals surface area contributed by atoms with Crippen LogP contribution in [0.15, 0.2) is 22.7 Å². The maximum Gasteiger partial charge on any atom is 0.257 e. The van der Waals surface area contributed by atoms with Gasteiger partial charge in [-0.15, -0.1) is 11.6 Å². The molecule has 19 heavy (non-hydrogen) atoms. The molecular weight excluding hydrogens is 330 g/mol. The number of hydrogen-bond donors (Lipinski definition) is 1. The molecule has 1 saturated carbocycles. The van der Waals surface area contributed by atoms with E-state index in [9.17, 15) is 9.90 Å². The summed E-state index contributed by atoms with van der Waals surface area (Å²) in [5.41, 5.74) is 0.365. The maximum atomic E-state index is 12.5. The van der Waals surface area contributed by atoms with Crippen LogP contribution in [0.2, 0.25) is 0 Å². The SMILES string of the molecule is O=C(c1ccc(Br)cc1O)N(CCCCl)C1CCC1. The standard InChI is InChI=1S/C14H17BrClNO2/c15-10-5-6-12(13(18)9-10)14(19)17(8-2-7-16)11-3-1-4-11/h5-6,9,11,18H,1-4,7-8H2. The summed E-state index contributed by atoms with van der Waals surface area (Å²) in [6.45, 7) is 0.655. The normalized spacial score (nSPS) is 15.1. The number of aromatic hydroxyl groups is 1. The van der Waals surface area contributed by atoms with E-state index in [0.29, 0.717) is 24.0 Å². The number of hydrogen-bond acceptors (Lipinski definition) is 2. The predicted octanol–water partition coefficient (Wildman–Crippen LogP) is 3.78. The minimum absolute atomic E-state index is 0.0228. The molecule has 104 valence electrons. The molecule has 1 aliphatic carbocycles. The molecular formula is C14H17BrClNO2. The highest BCUT2D eigenvalue weighted by molar-refractivity contribution is 9.10. The molecule has 1 N–H and O–H groups in total. The summed E-state index contributed by atoms with van der Waals surface area (Å²) < 4.78 is 0.762. The van der Waals surface area contributed by atoms with Gasteiger partial charge in [0.2, 0.25) is 0 Å². The van der Waals surface area contributed by atoms with Gasteiger partial charge in [0.25, 0.3) is 5.91 Å². The average molecular weight is 347 g/mol. The lowest BCUT2D eigenvalue weighted by molar-refractivity contribution is 0.0578. The minimum atomic E-state index is -0.0974. The summed E-state index contributed by atoms with van der Waals surface area (Å²) in [6, 6.07) is 5.29. The summed E-state index contributed by atoms with van der Waals surface area (Å²) in [5, 5.41) is 9.91. The zero-order valence-corrected chi connectivity index (χ0v) is 13.0. The third-order valence-electron chi connectivity index (χ3n) is 3.50. The summed E-state index contributed by atoms with van der Waals surface area (Å²) >= 11 is 9.00. The molecule has 1 amide bonds. The van der Waals surface area contributed by atoms with Crippen LogP contribution in [0.4, 0.5) is 0 Å². The molecule has 0 radical (unpaired) electrons. The highest BCUT2D eigenvalue weighted by atomic mass is 79.9. The van der Waals surface area contributed by atoms with Crippen LogP contribution in [0.25, 0.3) is 0 Å². The van der Waals surface area contributed by atoms with Crippen LogP contribution in [-0.2, 0) is 0 Å². The van der Waals surface area contributed by atoms with Crippen LogP contribution in [0.1, 0.15) is 36.0 Å². The van der Waals surface area contributed by atoms with Gasteiger partial charge in [0.05, 0.1) is 5.56 Å². The van der Waals surface area contributed by atoms with Crippen LogP contribution in [0.5, 0.6) is 5.75 Å². The van der Waals surface area contributed by atoms with E-state index in [-0.39, 0.29) is 11.7 Å². The number of benzene rings is 1. The molecule has 0 heterocycles. The van der Waals surface area contributed by atoms with Crippen molar-refractivity contribution in [1.82, 2.24) is 4.90 Å². The van der Waals surface area contributed by atoms with Crippen LogP contribution in [0.3, 0.4) is 0 Å². The second-order valence-electron chi connectivity index (χ2n) is 4.79. The van der Waals surface area contributed by atoms with E-state index < -0.39 is 0 Å². The van der Waals surface area contributed by atoms with Crippen LogP contribution >= 0.6 is 27.5 Å². The topological polar surface area (TPSA) is 40.5 Å². The van der Waals surface area contributed by atoms with Crippen molar-refractivity contribution in [1.29, 1.82) is 0 Å². The van der Waals surface area contributed by atoms with Crippen molar-refractivity contribution >= 4 is 33.4 Å². The number of carbonyl (C=O) groups excluding carboxylic acids is 1. The van der Waals surface area contributed by atoms with Gasteiger partial charge in [0.1, 0.15) is 5.75 Å². The molecule has 0 atom stereocenters. The van der Waals surface area contributed by atoms with E-state index in [4.69, 9.17) is 11.6 Å². The van der Waals surface area contributed by atoms with E-state index >= 15 is 0 Å². The molecule has 5 heteroatoms. The summed E-state index contributed by atoms with van der Waals surface area (Å²) in [7, 11) is 0. The Morgan fingerprint density at radius 2 is 2.21 bits per heavy atom. The van der Waals surface area contributed by atoms with Crippen molar-refractivity contribution < 1.29 is 9.90 Å². The van der Waals surface area contributed by atoms with Gasteiger partial charge in [-0.05, 0) is 43.9 Å². The first-order chi connectivity index (χ1) is 9.13. The quantitative estimate of drug-likeness (QED) is 0.824. The molecule has 0 bridgehead atoms. The largest absolute Gasteiger partial charge is 0.507 e. The molecule has 2 rings (SSSR count). The van der Waals surface area contributed by atoms with Crippen molar-refractivity contribution in [2.24, 2.45) is 0 Å². The van der Waals surface area contributed by atoms with Crippen molar-refractivity contribution in [3.8, 4) is 5.75 Å². The molecule has 3 nitrogen and oxygen atoms in total. The van der Waals surface area contributed by atoms with Gasteiger partial charge in [-0.3, -0.25) is 4.79 Å². The molecule has 1 fully saturated rings. The van der Waals surface area contributed by atoms with Crippen LogP contribution < -0.4 is 0 Å². The molecule has 1 aliphatic rings. The summed E-state index contributed by atoms with van der Waals surface area (Å²) in [6.07, 6.45) is 4.04. The molecule has 0 aliphatic heterocycles. The molecule has 0 saturated heterocycles. The number of carbonyl (C=O) groups is 1. The Labute approximate surface area is 126 Å². The number of alkyl halides is 1. The number of phenolic OH excluding ortho intramolecular Hbond substituents is 1. The fraction of sp³-hybridized carbons (Fsp3) is 0.500. The number of halogens is 2. The Bertz CT molecular complexity index is 463. The first-order valence-corrected chi connectivity index (χ1v) is 7.81. The monoisotopic (exact) mass is 345 g/mol. The third kappa shape index (κ3) is 3.42. The molecule has 1 aromatic carbocycles. The number of rotatable bonds is 5. The van der Waals surface area contributed by atoms with Crippen molar-refractivity contribution in [3.05, 3.63) is 28.2 Å². The zero-order valence-electron chi connectivity index (χ0n) is 10.6. The van der Waals surface area contributed by atoms with Gasteiger partial charge in [-0.25, -0.2) is 0 Å². The van der Waals surface area contributed by atoms with E-state index in [1.54, 1.807) is 18.2 Å². The lowest BCUT2D eigenvalue weighted by atomic mass is 9.90. The van der Waals surface area contributed by atoms with Gasteiger partial charge >= 0.3 is 0 Å². The zero-order chi connectivity index (χ0) is 13.8. The Morgan fingerprint density at radius 1 is 1.47 bits per heavy atom.